The van der Waals surface area contributed by atoms with E-state index in [-0.39, 0.29) is 0 Å². The van der Waals surface area contributed by atoms with Crippen molar-refractivity contribution in [2.75, 3.05) is 11.4 Å². The van der Waals surface area contributed by atoms with Crippen LogP contribution in [0.25, 0.3) is 0 Å². The lowest BCUT2D eigenvalue weighted by Crippen LogP contribution is -2.20. The maximum absolute atomic E-state index is 5.46. The molecule has 2 aliphatic rings. The van der Waals surface area contributed by atoms with Crippen LogP contribution in [0.3, 0.4) is 0 Å². The van der Waals surface area contributed by atoms with Crippen molar-refractivity contribution in [1.29, 1.82) is 0 Å². The smallest absolute Gasteiger partial charge is 0.230 e. The van der Waals surface area contributed by atoms with Gasteiger partial charge in [0.25, 0.3) is 0 Å². The summed E-state index contributed by atoms with van der Waals surface area (Å²) in [5, 5.41) is 7.51. The SMILES string of the molecule is S=c1[nH]nc(N2CCc3ccccc32)n1C1CCCC1. The van der Waals surface area contributed by atoms with E-state index in [0.717, 1.165) is 23.7 Å². The van der Waals surface area contributed by atoms with Gasteiger partial charge in [0.2, 0.25) is 5.95 Å². The van der Waals surface area contributed by atoms with Crippen LogP contribution < -0.4 is 4.90 Å². The summed E-state index contributed by atoms with van der Waals surface area (Å²) in [6, 6.07) is 9.11. The van der Waals surface area contributed by atoms with Crippen LogP contribution in [0.2, 0.25) is 0 Å². The summed E-state index contributed by atoms with van der Waals surface area (Å²) in [5.41, 5.74) is 2.68. The fourth-order valence-corrected chi connectivity index (χ4v) is 3.80. The van der Waals surface area contributed by atoms with Crippen molar-refractivity contribution in [3.8, 4) is 0 Å². The van der Waals surface area contributed by atoms with Crippen LogP contribution in [0.4, 0.5) is 11.6 Å². The number of aromatic nitrogens is 3. The minimum Gasteiger partial charge on any atom is -0.310 e. The lowest BCUT2D eigenvalue weighted by Gasteiger charge is -2.22. The van der Waals surface area contributed by atoms with Crippen molar-refractivity contribution in [2.45, 2.75) is 38.1 Å². The fraction of sp³-hybridized carbons (Fsp3) is 0.467. The predicted molar refractivity (Wildman–Crippen MR) is 82.1 cm³/mol. The first-order valence-corrected chi connectivity index (χ1v) is 7.78. The number of hydrogen-bond donors (Lipinski definition) is 1. The van der Waals surface area contributed by atoms with Crippen molar-refractivity contribution >= 4 is 23.9 Å². The molecule has 20 heavy (non-hydrogen) atoms. The molecule has 0 amide bonds. The van der Waals surface area contributed by atoms with Gasteiger partial charge in [-0.3, -0.25) is 4.57 Å². The van der Waals surface area contributed by atoms with Crippen LogP contribution in [0.5, 0.6) is 0 Å². The lowest BCUT2D eigenvalue weighted by molar-refractivity contribution is 0.512. The summed E-state index contributed by atoms with van der Waals surface area (Å²) in [7, 11) is 0. The average Bonchev–Trinajstić information content (AvgIpc) is 3.16. The van der Waals surface area contributed by atoms with E-state index in [1.807, 2.05) is 0 Å². The molecule has 1 aromatic heterocycles. The Bertz CT molecular complexity index is 681. The summed E-state index contributed by atoms with van der Waals surface area (Å²) < 4.78 is 3.00. The molecule has 1 fully saturated rings. The third kappa shape index (κ3) is 1.80. The number of para-hydroxylation sites is 1. The van der Waals surface area contributed by atoms with Gasteiger partial charge in [0, 0.05) is 18.3 Å². The molecule has 5 heteroatoms. The number of benzene rings is 1. The van der Waals surface area contributed by atoms with Gasteiger partial charge < -0.3 is 4.90 Å². The van der Waals surface area contributed by atoms with Crippen molar-refractivity contribution < 1.29 is 0 Å². The monoisotopic (exact) mass is 286 g/mol. The highest BCUT2D eigenvalue weighted by atomic mass is 32.1. The van der Waals surface area contributed by atoms with Gasteiger partial charge in [0.15, 0.2) is 4.77 Å². The molecule has 2 heterocycles. The van der Waals surface area contributed by atoms with E-state index in [0.29, 0.717) is 6.04 Å². The van der Waals surface area contributed by atoms with Gasteiger partial charge in [0.05, 0.1) is 0 Å². The van der Waals surface area contributed by atoms with E-state index in [1.165, 1.54) is 36.9 Å². The highest BCUT2D eigenvalue weighted by molar-refractivity contribution is 7.71. The number of nitrogens with zero attached hydrogens (tertiary/aromatic N) is 3. The molecule has 1 aromatic carbocycles. The zero-order chi connectivity index (χ0) is 13.5. The first-order chi connectivity index (χ1) is 9.84. The highest BCUT2D eigenvalue weighted by Crippen LogP contribution is 2.37. The van der Waals surface area contributed by atoms with Gasteiger partial charge in [-0.15, -0.1) is 5.10 Å². The molecular formula is C15H18N4S. The van der Waals surface area contributed by atoms with Crippen molar-refractivity contribution in [2.24, 2.45) is 0 Å². The Morgan fingerprint density at radius 1 is 1.20 bits per heavy atom. The standard InChI is InChI=1S/C15H18N4S/c20-15-17-16-14(19(15)12-6-2-3-7-12)18-10-9-11-5-1-4-8-13(11)18/h1,4-5,8,12H,2-3,6-7,9-10H2,(H,17,20). The Morgan fingerprint density at radius 2 is 2.00 bits per heavy atom. The van der Waals surface area contributed by atoms with Gasteiger partial charge in [0.1, 0.15) is 0 Å². The molecule has 0 radical (unpaired) electrons. The largest absolute Gasteiger partial charge is 0.310 e. The van der Waals surface area contributed by atoms with Gasteiger partial charge in [-0.05, 0) is 43.1 Å². The molecule has 4 nitrogen and oxygen atoms in total. The van der Waals surface area contributed by atoms with Crippen LogP contribution in [-0.4, -0.2) is 21.3 Å². The Kier molecular flexibility index (Phi) is 2.88. The molecule has 0 bridgehead atoms. The maximum Gasteiger partial charge on any atom is 0.230 e. The lowest BCUT2D eigenvalue weighted by atomic mass is 10.2. The number of fused-ring (bicyclic) bond motifs is 1. The zero-order valence-electron chi connectivity index (χ0n) is 11.4. The van der Waals surface area contributed by atoms with Crippen LogP contribution in [0.15, 0.2) is 24.3 Å². The highest BCUT2D eigenvalue weighted by Gasteiger charge is 2.28. The van der Waals surface area contributed by atoms with Gasteiger partial charge in [-0.25, -0.2) is 5.10 Å². The van der Waals surface area contributed by atoms with Crippen LogP contribution >= 0.6 is 12.2 Å². The molecule has 0 spiro atoms. The Labute approximate surface area is 123 Å². The molecule has 1 aliphatic heterocycles. The van der Waals surface area contributed by atoms with E-state index >= 15 is 0 Å². The zero-order valence-corrected chi connectivity index (χ0v) is 12.2. The second kappa shape index (κ2) is 4.74. The summed E-state index contributed by atoms with van der Waals surface area (Å²) in [4.78, 5) is 2.31. The Hall–Kier alpha value is -1.62. The number of anilines is 2. The summed E-state index contributed by atoms with van der Waals surface area (Å²) in [5.74, 6) is 0.992. The first kappa shape index (κ1) is 12.1. The summed E-state index contributed by atoms with van der Waals surface area (Å²) in [6.07, 6.45) is 6.12. The first-order valence-electron chi connectivity index (χ1n) is 7.37. The molecule has 1 N–H and O–H groups in total. The molecule has 0 saturated heterocycles. The molecule has 0 unspecified atom stereocenters. The predicted octanol–water partition coefficient (Wildman–Crippen LogP) is 3.75. The molecule has 1 aliphatic carbocycles. The number of rotatable bonds is 2. The van der Waals surface area contributed by atoms with E-state index in [4.69, 9.17) is 12.2 Å². The normalized spacial score (nSPS) is 18.7. The van der Waals surface area contributed by atoms with E-state index in [9.17, 15) is 0 Å². The number of aromatic amines is 1. The van der Waals surface area contributed by atoms with Crippen LogP contribution in [-0.2, 0) is 6.42 Å². The van der Waals surface area contributed by atoms with Crippen molar-refractivity contribution in [3.05, 3.63) is 34.6 Å². The van der Waals surface area contributed by atoms with Crippen molar-refractivity contribution in [3.63, 3.8) is 0 Å². The molecule has 0 atom stereocenters. The second-order valence-electron chi connectivity index (χ2n) is 5.67. The minimum atomic E-state index is 0.518. The average molecular weight is 286 g/mol. The Morgan fingerprint density at radius 3 is 2.85 bits per heavy atom. The molecule has 1 saturated carbocycles. The quantitative estimate of drug-likeness (QED) is 0.854. The second-order valence-corrected chi connectivity index (χ2v) is 6.05. The summed E-state index contributed by atoms with van der Waals surface area (Å²) >= 11 is 5.46. The van der Waals surface area contributed by atoms with E-state index in [2.05, 4.69) is 43.9 Å². The molecule has 2 aromatic rings. The summed E-state index contributed by atoms with van der Waals surface area (Å²) in [6.45, 7) is 0.992. The number of hydrogen-bond acceptors (Lipinski definition) is 3. The molecule has 4 rings (SSSR count). The molecule has 104 valence electrons. The minimum absolute atomic E-state index is 0.518. The Balaban J connectivity index is 1.79. The number of nitrogens with one attached hydrogen (secondary N) is 1. The van der Waals surface area contributed by atoms with Gasteiger partial charge in [-0.1, -0.05) is 31.0 Å². The van der Waals surface area contributed by atoms with E-state index in [1.54, 1.807) is 0 Å². The van der Waals surface area contributed by atoms with Gasteiger partial charge in [-0.2, -0.15) is 0 Å². The third-order valence-electron chi connectivity index (χ3n) is 4.50. The van der Waals surface area contributed by atoms with Gasteiger partial charge >= 0.3 is 0 Å². The maximum atomic E-state index is 5.46. The fourth-order valence-electron chi connectivity index (χ4n) is 3.52. The number of H-pyrrole nitrogens is 1. The molecular weight excluding hydrogens is 268 g/mol. The van der Waals surface area contributed by atoms with Crippen LogP contribution in [0.1, 0.15) is 37.3 Å². The van der Waals surface area contributed by atoms with Crippen LogP contribution in [0, 0.1) is 4.77 Å². The van der Waals surface area contributed by atoms with Crippen molar-refractivity contribution in [1.82, 2.24) is 14.8 Å². The third-order valence-corrected chi connectivity index (χ3v) is 4.79. The van der Waals surface area contributed by atoms with E-state index < -0.39 is 0 Å². The topological polar surface area (TPSA) is 36.9 Å².